The third-order valence-electron chi connectivity index (χ3n) is 6.85. The zero-order chi connectivity index (χ0) is 26.5. The summed E-state index contributed by atoms with van der Waals surface area (Å²) < 4.78 is 39.8. The van der Waals surface area contributed by atoms with Gasteiger partial charge in [-0.25, -0.2) is 13.8 Å². The lowest BCUT2D eigenvalue weighted by atomic mass is 9.91. The molecule has 0 unspecified atom stereocenters. The molecule has 1 saturated carbocycles. The number of hydrogen-bond donors (Lipinski definition) is 2. The van der Waals surface area contributed by atoms with E-state index in [2.05, 4.69) is 30.6 Å². The Kier molecular flexibility index (Phi) is 8.23. The van der Waals surface area contributed by atoms with Gasteiger partial charge in [0.25, 0.3) is 6.43 Å². The van der Waals surface area contributed by atoms with E-state index in [1.807, 2.05) is 4.90 Å². The van der Waals surface area contributed by atoms with Crippen LogP contribution >= 0.6 is 0 Å². The number of fused-ring (bicyclic) bond motifs is 1. The first-order chi connectivity index (χ1) is 18.5. The number of hydrogen-bond acceptors (Lipinski definition) is 9. The van der Waals surface area contributed by atoms with Crippen molar-refractivity contribution < 1.29 is 23.0 Å². The minimum absolute atomic E-state index is 0.0112. The van der Waals surface area contributed by atoms with Crippen LogP contribution in [-0.2, 0) is 14.3 Å². The Hall–Kier alpha value is -3.45. The van der Waals surface area contributed by atoms with Gasteiger partial charge in [-0.05, 0) is 37.8 Å². The summed E-state index contributed by atoms with van der Waals surface area (Å²) in [5.41, 5.74) is 0.939. The second-order valence-corrected chi connectivity index (χ2v) is 9.46. The molecule has 0 atom stereocenters. The Morgan fingerprint density at radius 1 is 1.05 bits per heavy atom. The highest BCUT2D eigenvalue weighted by molar-refractivity contribution is 5.78. The molecule has 2 fully saturated rings. The van der Waals surface area contributed by atoms with E-state index in [0.29, 0.717) is 62.3 Å². The number of alkyl halides is 2. The summed E-state index contributed by atoms with van der Waals surface area (Å²) in [6.07, 6.45) is 0.769. The van der Waals surface area contributed by atoms with E-state index in [1.165, 1.54) is 4.57 Å². The van der Waals surface area contributed by atoms with Gasteiger partial charge >= 0.3 is 0 Å². The smallest absolute Gasteiger partial charge is 0.296 e. The van der Waals surface area contributed by atoms with E-state index in [1.54, 1.807) is 31.4 Å². The number of halogens is 2. The van der Waals surface area contributed by atoms with Crippen LogP contribution in [0.5, 0.6) is 0 Å². The van der Waals surface area contributed by atoms with E-state index >= 15 is 0 Å². The molecule has 0 bridgehead atoms. The molecule has 3 aromatic rings. The second-order valence-electron chi connectivity index (χ2n) is 9.46. The summed E-state index contributed by atoms with van der Waals surface area (Å²) >= 11 is 0. The van der Waals surface area contributed by atoms with Crippen molar-refractivity contribution >= 4 is 28.8 Å². The molecule has 2 N–H and O–H groups in total. The summed E-state index contributed by atoms with van der Waals surface area (Å²) in [5, 5.41) is 6.46. The van der Waals surface area contributed by atoms with Gasteiger partial charge in [0.15, 0.2) is 5.82 Å². The topological polar surface area (TPSA) is 119 Å². The SMILES string of the molecule is COCCC(=O)N[C@H]1CC[C@H](Nc2nc(N3CCOCC3)nc(-n3c(C(F)F)nc4ccccc43)n2)CC1. The lowest BCUT2D eigenvalue weighted by Crippen LogP contribution is -2.40. The highest BCUT2D eigenvalue weighted by atomic mass is 19.3. The average Bonchev–Trinajstić information content (AvgIpc) is 3.34. The molecule has 1 aliphatic heterocycles. The van der Waals surface area contributed by atoms with Crippen molar-refractivity contribution in [1.29, 1.82) is 0 Å². The molecule has 0 spiro atoms. The number of carbonyl (C=O) groups is 1. The molecule has 204 valence electrons. The predicted octanol–water partition coefficient (Wildman–Crippen LogP) is 2.86. The zero-order valence-electron chi connectivity index (χ0n) is 21.3. The highest BCUT2D eigenvalue weighted by Crippen LogP contribution is 2.28. The number of anilines is 2. The Balaban J connectivity index is 1.39. The number of para-hydroxylation sites is 2. The van der Waals surface area contributed by atoms with Crippen LogP contribution in [0.3, 0.4) is 0 Å². The van der Waals surface area contributed by atoms with Gasteiger partial charge in [-0.2, -0.15) is 15.0 Å². The number of morpholine rings is 1. The fraction of sp³-hybridized carbons (Fsp3) is 0.560. The molecule has 2 aromatic heterocycles. The van der Waals surface area contributed by atoms with Gasteiger partial charge in [-0.3, -0.25) is 9.36 Å². The molecule has 0 radical (unpaired) electrons. The van der Waals surface area contributed by atoms with Crippen molar-refractivity contribution in [3.8, 4) is 5.95 Å². The lowest BCUT2D eigenvalue weighted by molar-refractivity contribution is -0.122. The quantitative estimate of drug-likeness (QED) is 0.430. The van der Waals surface area contributed by atoms with Crippen molar-refractivity contribution in [3.63, 3.8) is 0 Å². The number of imidazole rings is 1. The molecule has 38 heavy (non-hydrogen) atoms. The Morgan fingerprint density at radius 2 is 1.76 bits per heavy atom. The second kappa shape index (κ2) is 11.9. The van der Waals surface area contributed by atoms with Crippen LogP contribution in [0.25, 0.3) is 17.0 Å². The van der Waals surface area contributed by atoms with Crippen molar-refractivity contribution in [2.75, 3.05) is 50.2 Å². The van der Waals surface area contributed by atoms with Gasteiger partial charge in [-0.1, -0.05) is 12.1 Å². The Bertz CT molecular complexity index is 1240. The van der Waals surface area contributed by atoms with Crippen molar-refractivity contribution in [3.05, 3.63) is 30.1 Å². The fourth-order valence-electron chi connectivity index (χ4n) is 4.88. The maximum absolute atomic E-state index is 14.0. The summed E-state index contributed by atoms with van der Waals surface area (Å²) in [6, 6.07) is 7.12. The predicted molar refractivity (Wildman–Crippen MR) is 137 cm³/mol. The molecule has 13 heteroatoms. The third kappa shape index (κ3) is 5.99. The number of rotatable bonds is 9. The number of carbonyl (C=O) groups excluding carboxylic acids is 1. The number of nitrogens with one attached hydrogen (secondary N) is 2. The van der Waals surface area contributed by atoms with Crippen molar-refractivity contribution in [1.82, 2.24) is 29.8 Å². The van der Waals surface area contributed by atoms with E-state index in [4.69, 9.17) is 9.47 Å². The van der Waals surface area contributed by atoms with Gasteiger partial charge < -0.3 is 25.0 Å². The number of aromatic nitrogens is 5. The van der Waals surface area contributed by atoms with Crippen LogP contribution in [-0.4, -0.2) is 82.5 Å². The summed E-state index contributed by atoms with van der Waals surface area (Å²) in [7, 11) is 1.57. The molecule has 3 heterocycles. The Morgan fingerprint density at radius 3 is 2.50 bits per heavy atom. The molecule has 1 saturated heterocycles. The van der Waals surface area contributed by atoms with E-state index < -0.39 is 12.2 Å². The summed E-state index contributed by atoms with van der Waals surface area (Å²) in [5.74, 6) is 0.385. The first-order valence-corrected chi connectivity index (χ1v) is 12.9. The van der Waals surface area contributed by atoms with Crippen molar-refractivity contribution in [2.45, 2.75) is 50.6 Å². The van der Waals surface area contributed by atoms with E-state index in [0.717, 1.165) is 25.7 Å². The van der Waals surface area contributed by atoms with E-state index in [9.17, 15) is 13.6 Å². The fourth-order valence-corrected chi connectivity index (χ4v) is 4.88. The van der Waals surface area contributed by atoms with Crippen LogP contribution in [0.15, 0.2) is 24.3 Å². The van der Waals surface area contributed by atoms with Crippen LogP contribution in [0, 0.1) is 0 Å². The molecule has 1 aliphatic carbocycles. The highest BCUT2D eigenvalue weighted by Gasteiger charge is 2.26. The minimum atomic E-state index is -2.81. The van der Waals surface area contributed by atoms with Crippen LogP contribution in [0.4, 0.5) is 20.7 Å². The van der Waals surface area contributed by atoms with Crippen LogP contribution in [0.1, 0.15) is 44.4 Å². The van der Waals surface area contributed by atoms with Gasteiger partial charge in [0, 0.05) is 38.7 Å². The number of amides is 1. The molecular formula is C25H32F2N8O3. The Labute approximate surface area is 219 Å². The molecule has 5 rings (SSSR count). The van der Waals surface area contributed by atoms with E-state index in [-0.39, 0.29) is 23.9 Å². The monoisotopic (exact) mass is 530 g/mol. The lowest BCUT2D eigenvalue weighted by Gasteiger charge is -2.30. The average molecular weight is 531 g/mol. The zero-order valence-corrected chi connectivity index (χ0v) is 21.3. The number of methoxy groups -OCH3 is 1. The molecule has 2 aliphatic rings. The number of ether oxygens (including phenoxy) is 2. The number of benzene rings is 1. The van der Waals surface area contributed by atoms with Crippen LogP contribution < -0.4 is 15.5 Å². The number of nitrogens with zero attached hydrogens (tertiary/aromatic N) is 6. The molecular weight excluding hydrogens is 498 g/mol. The first-order valence-electron chi connectivity index (χ1n) is 12.9. The van der Waals surface area contributed by atoms with Crippen molar-refractivity contribution in [2.24, 2.45) is 0 Å². The standard InChI is InChI=1S/C25H32F2N8O3/c1-37-13-10-20(36)28-16-6-8-17(9-7-16)29-23-31-24(34-11-14-38-15-12-34)33-25(32-23)35-19-5-3-2-4-18(19)30-22(35)21(26)27/h2-5,16-17,21H,6-15H2,1H3,(H,28,36)(H,29,31,32,33)/t16-,17-. The minimum Gasteiger partial charge on any atom is -0.384 e. The van der Waals surface area contributed by atoms with Gasteiger partial charge in [-0.15, -0.1) is 0 Å². The largest absolute Gasteiger partial charge is 0.384 e. The molecule has 11 nitrogen and oxygen atoms in total. The summed E-state index contributed by atoms with van der Waals surface area (Å²) in [4.78, 5) is 32.0. The maximum atomic E-state index is 14.0. The molecule has 1 aromatic carbocycles. The van der Waals surface area contributed by atoms with Gasteiger partial charge in [0.05, 0.1) is 30.9 Å². The summed E-state index contributed by atoms with van der Waals surface area (Å²) in [6.45, 7) is 2.63. The third-order valence-corrected chi connectivity index (χ3v) is 6.85. The van der Waals surface area contributed by atoms with Gasteiger partial charge in [0.1, 0.15) is 0 Å². The van der Waals surface area contributed by atoms with Gasteiger partial charge in [0.2, 0.25) is 23.8 Å². The molecule has 1 amide bonds. The normalized spacial score (nSPS) is 20.2. The van der Waals surface area contributed by atoms with Crippen LogP contribution in [0.2, 0.25) is 0 Å². The maximum Gasteiger partial charge on any atom is 0.296 e. The first kappa shape index (κ1) is 26.2.